The molecule has 0 radical (unpaired) electrons. The van der Waals surface area contributed by atoms with Crippen molar-refractivity contribution < 1.29 is 8.78 Å². The molecule has 1 nitrogen and oxygen atoms in total. The molecule has 0 aromatic heterocycles. The highest BCUT2D eigenvalue weighted by Gasteiger charge is 2.39. The minimum absolute atomic E-state index is 0.394. The molecular weight excluding hydrogens is 160 g/mol. The summed E-state index contributed by atoms with van der Waals surface area (Å²) in [6, 6.07) is 0. The molecule has 72 valence electrons. The van der Waals surface area contributed by atoms with Crippen LogP contribution in [0.5, 0.6) is 0 Å². The summed E-state index contributed by atoms with van der Waals surface area (Å²) in [7, 11) is 0. The standard InChI is InChI=1S/C9H17F2N/c1-9(10,11)8-3-2-7(6-8)4-5-12/h7-8H,2-6,12H2,1H3. The van der Waals surface area contributed by atoms with E-state index in [1.165, 1.54) is 0 Å². The van der Waals surface area contributed by atoms with E-state index in [0.29, 0.717) is 25.3 Å². The van der Waals surface area contributed by atoms with Gasteiger partial charge < -0.3 is 5.73 Å². The second-order valence-electron chi connectivity index (χ2n) is 3.91. The van der Waals surface area contributed by atoms with Crippen LogP contribution < -0.4 is 5.73 Å². The normalized spacial score (nSPS) is 31.0. The van der Waals surface area contributed by atoms with Crippen molar-refractivity contribution in [1.82, 2.24) is 0 Å². The van der Waals surface area contributed by atoms with Crippen LogP contribution in [-0.4, -0.2) is 12.5 Å². The average Bonchev–Trinajstić information content (AvgIpc) is 2.35. The minimum atomic E-state index is -2.48. The van der Waals surface area contributed by atoms with Gasteiger partial charge in [-0.05, 0) is 45.1 Å². The molecule has 0 amide bonds. The van der Waals surface area contributed by atoms with Gasteiger partial charge >= 0.3 is 0 Å². The molecule has 0 aliphatic heterocycles. The average molecular weight is 177 g/mol. The summed E-state index contributed by atoms with van der Waals surface area (Å²) in [6.45, 7) is 1.66. The van der Waals surface area contributed by atoms with E-state index < -0.39 is 11.8 Å². The predicted octanol–water partition coefficient (Wildman–Crippen LogP) is 2.41. The van der Waals surface area contributed by atoms with Crippen LogP contribution in [0.4, 0.5) is 8.78 Å². The summed E-state index contributed by atoms with van der Waals surface area (Å²) in [6.07, 6.45) is 3.19. The number of alkyl halides is 2. The van der Waals surface area contributed by atoms with E-state index in [0.717, 1.165) is 19.8 Å². The highest BCUT2D eigenvalue weighted by Crippen LogP contribution is 2.41. The molecule has 1 fully saturated rings. The van der Waals surface area contributed by atoms with Gasteiger partial charge in [-0.2, -0.15) is 0 Å². The molecule has 12 heavy (non-hydrogen) atoms. The Hall–Kier alpha value is -0.180. The van der Waals surface area contributed by atoms with Gasteiger partial charge in [-0.15, -0.1) is 0 Å². The topological polar surface area (TPSA) is 26.0 Å². The summed E-state index contributed by atoms with van der Waals surface area (Å²) in [5, 5.41) is 0. The molecule has 0 bridgehead atoms. The van der Waals surface area contributed by atoms with Gasteiger partial charge in [0.1, 0.15) is 0 Å². The van der Waals surface area contributed by atoms with E-state index in [1.807, 2.05) is 0 Å². The lowest BCUT2D eigenvalue weighted by atomic mass is 9.98. The first-order valence-corrected chi connectivity index (χ1v) is 4.62. The lowest BCUT2D eigenvalue weighted by molar-refractivity contribution is -0.0382. The quantitative estimate of drug-likeness (QED) is 0.703. The van der Waals surface area contributed by atoms with Crippen molar-refractivity contribution in [1.29, 1.82) is 0 Å². The zero-order valence-corrected chi connectivity index (χ0v) is 7.52. The molecule has 0 aromatic rings. The maximum absolute atomic E-state index is 12.8. The molecule has 0 aromatic carbocycles. The van der Waals surface area contributed by atoms with Crippen molar-refractivity contribution in [3.05, 3.63) is 0 Å². The van der Waals surface area contributed by atoms with E-state index >= 15 is 0 Å². The summed E-state index contributed by atoms with van der Waals surface area (Å²) < 4.78 is 25.6. The highest BCUT2D eigenvalue weighted by molar-refractivity contribution is 4.82. The van der Waals surface area contributed by atoms with Gasteiger partial charge in [-0.3, -0.25) is 0 Å². The maximum Gasteiger partial charge on any atom is 0.248 e. The van der Waals surface area contributed by atoms with Crippen molar-refractivity contribution >= 4 is 0 Å². The monoisotopic (exact) mass is 177 g/mol. The third kappa shape index (κ3) is 2.41. The van der Waals surface area contributed by atoms with E-state index in [1.54, 1.807) is 0 Å². The molecule has 1 rings (SSSR count). The number of halogens is 2. The SMILES string of the molecule is CC(F)(F)C1CCC(CCN)C1. The van der Waals surface area contributed by atoms with Gasteiger partial charge in [-0.25, -0.2) is 8.78 Å². The van der Waals surface area contributed by atoms with Gasteiger partial charge in [-0.1, -0.05) is 0 Å². The zero-order valence-electron chi connectivity index (χ0n) is 7.52. The summed E-state index contributed by atoms with van der Waals surface area (Å²) in [5.74, 6) is -2.43. The fourth-order valence-electron chi connectivity index (χ4n) is 2.03. The molecule has 1 saturated carbocycles. The molecule has 2 unspecified atom stereocenters. The molecule has 1 aliphatic carbocycles. The smallest absolute Gasteiger partial charge is 0.248 e. The maximum atomic E-state index is 12.8. The Morgan fingerprint density at radius 3 is 2.50 bits per heavy atom. The summed E-state index contributed by atoms with van der Waals surface area (Å²) >= 11 is 0. The molecule has 1 aliphatic rings. The number of hydrogen-bond donors (Lipinski definition) is 1. The van der Waals surface area contributed by atoms with Gasteiger partial charge in [0.05, 0.1) is 0 Å². The first-order chi connectivity index (χ1) is 5.54. The van der Waals surface area contributed by atoms with E-state index in [2.05, 4.69) is 0 Å². The molecule has 2 N–H and O–H groups in total. The van der Waals surface area contributed by atoms with Crippen LogP contribution >= 0.6 is 0 Å². The van der Waals surface area contributed by atoms with E-state index in [4.69, 9.17) is 5.73 Å². The zero-order chi connectivity index (χ0) is 9.19. The summed E-state index contributed by atoms with van der Waals surface area (Å²) in [4.78, 5) is 0. The van der Waals surface area contributed by atoms with Crippen molar-refractivity contribution in [2.75, 3.05) is 6.54 Å². The number of hydrogen-bond acceptors (Lipinski definition) is 1. The molecule has 0 saturated heterocycles. The molecule has 2 atom stereocenters. The highest BCUT2D eigenvalue weighted by atomic mass is 19.3. The Kier molecular flexibility index (Phi) is 3.04. The van der Waals surface area contributed by atoms with Crippen molar-refractivity contribution in [3.8, 4) is 0 Å². The lowest BCUT2D eigenvalue weighted by Crippen LogP contribution is -2.21. The van der Waals surface area contributed by atoms with Crippen LogP contribution in [0, 0.1) is 11.8 Å². The Morgan fingerprint density at radius 1 is 1.42 bits per heavy atom. The van der Waals surface area contributed by atoms with Gasteiger partial charge in [0.15, 0.2) is 0 Å². The third-order valence-electron chi connectivity index (χ3n) is 2.83. The van der Waals surface area contributed by atoms with Crippen LogP contribution in [0.2, 0.25) is 0 Å². The largest absolute Gasteiger partial charge is 0.330 e. The van der Waals surface area contributed by atoms with Crippen LogP contribution in [-0.2, 0) is 0 Å². The molecule has 3 heteroatoms. The Bertz CT molecular complexity index is 142. The van der Waals surface area contributed by atoms with Crippen LogP contribution in [0.3, 0.4) is 0 Å². The van der Waals surface area contributed by atoms with Crippen LogP contribution in [0.15, 0.2) is 0 Å². The second-order valence-corrected chi connectivity index (χ2v) is 3.91. The fourth-order valence-corrected chi connectivity index (χ4v) is 2.03. The van der Waals surface area contributed by atoms with Crippen LogP contribution in [0.25, 0.3) is 0 Å². The van der Waals surface area contributed by atoms with Crippen molar-refractivity contribution in [2.45, 2.75) is 38.5 Å². The summed E-state index contributed by atoms with van der Waals surface area (Å²) in [5.41, 5.74) is 5.38. The van der Waals surface area contributed by atoms with E-state index in [-0.39, 0.29) is 0 Å². The van der Waals surface area contributed by atoms with Crippen molar-refractivity contribution in [2.24, 2.45) is 17.6 Å². The third-order valence-corrected chi connectivity index (χ3v) is 2.83. The van der Waals surface area contributed by atoms with Crippen molar-refractivity contribution in [3.63, 3.8) is 0 Å². The second kappa shape index (κ2) is 3.69. The lowest BCUT2D eigenvalue weighted by Gasteiger charge is -2.18. The first-order valence-electron chi connectivity index (χ1n) is 4.62. The number of rotatable bonds is 3. The molecule has 0 spiro atoms. The fraction of sp³-hybridized carbons (Fsp3) is 1.00. The minimum Gasteiger partial charge on any atom is -0.330 e. The Morgan fingerprint density at radius 2 is 2.08 bits per heavy atom. The van der Waals surface area contributed by atoms with Gasteiger partial charge in [0, 0.05) is 5.92 Å². The predicted molar refractivity (Wildman–Crippen MR) is 45.1 cm³/mol. The van der Waals surface area contributed by atoms with Gasteiger partial charge in [0.25, 0.3) is 0 Å². The Balaban J connectivity index is 2.35. The first kappa shape index (κ1) is 9.90. The van der Waals surface area contributed by atoms with Gasteiger partial charge in [0.2, 0.25) is 5.92 Å². The Labute approximate surface area is 72.3 Å². The van der Waals surface area contributed by atoms with Crippen LogP contribution in [0.1, 0.15) is 32.6 Å². The number of nitrogens with two attached hydrogens (primary N) is 1. The molecule has 0 heterocycles. The molecular formula is C9H17F2N. The van der Waals surface area contributed by atoms with E-state index in [9.17, 15) is 8.78 Å².